The largest absolute Gasteiger partial charge is 0.397 e. The van der Waals surface area contributed by atoms with Crippen LogP contribution < -0.4 is 5.73 Å². The van der Waals surface area contributed by atoms with Crippen LogP contribution >= 0.6 is 22.9 Å². The molecule has 2 saturated carbocycles. The average molecular weight is 321 g/mol. The normalized spacial score (nSPS) is 18.1. The number of nitrogen functional groups attached to an aromatic ring is 1. The minimum atomic E-state index is 0.0965. The Bertz CT molecular complexity index is 718. The molecule has 1 heterocycles. The molecular formula is C16H17ClN2OS. The van der Waals surface area contributed by atoms with Gasteiger partial charge < -0.3 is 10.6 Å². The molecule has 0 radical (unpaired) electrons. The molecule has 2 aromatic rings. The summed E-state index contributed by atoms with van der Waals surface area (Å²) in [6, 6.07) is 6.13. The molecule has 0 bridgehead atoms. The number of thiophene rings is 1. The topological polar surface area (TPSA) is 46.3 Å². The van der Waals surface area contributed by atoms with Crippen LogP contribution in [-0.4, -0.2) is 23.4 Å². The Morgan fingerprint density at radius 1 is 1.33 bits per heavy atom. The van der Waals surface area contributed by atoms with Crippen LogP contribution in [0.3, 0.4) is 0 Å². The fraction of sp³-hybridized carbons (Fsp3) is 0.438. The van der Waals surface area contributed by atoms with Crippen LogP contribution in [-0.2, 0) is 0 Å². The van der Waals surface area contributed by atoms with Gasteiger partial charge in [-0.2, -0.15) is 0 Å². The predicted octanol–water partition coefficient (Wildman–Crippen LogP) is 4.15. The molecule has 5 heteroatoms. The van der Waals surface area contributed by atoms with Gasteiger partial charge in [-0.25, -0.2) is 0 Å². The van der Waals surface area contributed by atoms with E-state index in [2.05, 4.69) is 0 Å². The number of hydrogen-bond donors (Lipinski definition) is 1. The highest BCUT2D eigenvalue weighted by Crippen LogP contribution is 2.41. The number of nitrogens with zero attached hydrogens (tertiary/aromatic N) is 1. The molecule has 3 nitrogen and oxygen atoms in total. The zero-order valence-electron chi connectivity index (χ0n) is 11.6. The van der Waals surface area contributed by atoms with Gasteiger partial charge in [0.2, 0.25) is 0 Å². The summed E-state index contributed by atoms with van der Waals surface area (Å²) in [5, 5.41) is 1.45. The van der Waals surface area contributed by atoms with Gasteiger partial charge in [0.15, 0.2) is 0 Å². The zero-order valence-corrected chi connectivity index (χ0v) is 13.2. The van der Waals surface area contributed by atoms with E-state index in [1.165, 1.54) is 24.2 Å². The van der Waals surface area contributed by atoms with E-state index in [4.69, 9.17) is 17.3 Å². The van der Waals surface area contributed by atoms with Crippen molar-refractivity contribution in [2.45, 2.75) is 31.7 Å². The molecule has 1 aromatic heterocycles. The predicted molar refractivity (Wildman–Crippen MR) is 88.0 cm³/mol. The lowest BCUT2D eigenvalue weighted by Gasteiger charge is -2.21. The maximum absolute atomic E-state index is 12.9. The van der Waals surface area contributed by atoms with Gasteiger partial charge in [-0.15, -0.1) is 11.3 Å². The summed E-state index contributed by atoms with van der Waals surface area (Å²) in [6.07, 6.45) is 4.77. The van der Waals surface area contributed by atoms with Crippen LogP contribution in [0, 0.1) is 5.92 Å². The Labute approximate surface area is 132 Å². The average Bonchev–Trinajstić information content (AvgIpc) is 3.34. The number of rotatable bonds is 4. The number of carbonyl (C=O) groups excluding carboxylic acids is 1. The van der Waals surface area contributed by atoms with Crippen molar-refractivity contribution >= 4 is 44.6 Å². The number of nitrogens with two attached hydrogens (primary N) is 1. The number of fused-ring (bicyclic) bond motifs is 1. The molecule has 1 aromatic carbocycles. The van der Waals surface area contributed by atoms with Gasteiger partial charge in [0.05, 0.1) is 10.7 Å². The van der Waals surface area contributed by atoms with Gasteiger partial charge in [0.25, 0.3) is 5.91 Å². The monoisotopic (exact) mass is 320 g/mol. The van der Waals surface area contributed by atoms with Crippen molar-refractivity contribution in [2.75, 3.05) is 12.3 Å². The third-order valence-corrected chi connectivity index (χ3v) is 5.77. The second-order valence-corrected chi connectivity index (χ2v) is 7.55. The van der Waals surface area contributed by atoms with Gasteiger partial charge in [-0.3, -0.25) is 4.79 Å². The third-order valence-electron chi connectivity index (χ3n) is 4.30. The van der Waals surface area contributed by atoms with Gasteiger partial charge >= 0.3 is 0 Å². The molecule has 110 valence electrons. The molecule has 2 aliphatic rings. The highest BCUT2D eigenvalue weighted by atomic mass is 35.5. The van der Waals surface area contributed by atoms with Crippen LogP contribution in [0.25, 0.3) is 10.1 Å². The molecule has 2 N–H and O–H groups in total. The standard InChI is InChI=1S/C16H17ClN2OS/c17-11-2-1-3-12-13(11)14(18)15(21-12)16(20)19(10-6-7-10)8-9-4-5-9/h1-3,9-10H,4-8,18H2. The van der Waals surface area contributed by atoms with E-state index in [0.717, 1.165) is 29.5 Å². The molecular weight excluding hydrogens is 304 g/mol. The molecule has 0 aliphatic heterocycles. The summed E-state index contributed by atoms with van der Waals surface area (Å²) in [5.41, 5.74) is 6.77. The third kappa shape index (κ3) is 2.40. The Balaban J connectivity index is 1.72. The quantitative estimate of drug-likeness (QED) is 0.919. The van der Waals surface area contributed by atoms with E-state index < -0.39 is 0 Å². The Hall–Kier alpha value is -1.26. The smallest absolute Gasteiger partial charge is 0.266 e. The van der Waals surface area contributed by atoms with E-state index in [9.17, 15) is 4.79 Å². The Morgan fingerprint density at radius 2 is 2.10 bits per heavy atom. The lowest BCUT2D eigenvalue weighted by Crippen LogP contribution is -2.34. The lowest BCUT2D eigenvalue weighted by atomic mass is 10.2. The van der Waals surface area contributed by atoms with Gasteiger partial charge in [0.1, 0.15) is 4.88 Å². The van der Waals surface area contributed by atoms with Crippen molar-refractivity contribution < 1.29 is 4.79 Å². The highest BCUT2D eigenvalue weighted by Gasteiger charge is 2.38. The second-order valence-electron chi connectivity index (χ2n) is 6.09. The van der Waals surface area contributed by atoms with Crippen LogP contribution in [0.15, 0.2) is 18.2 Å². The first kappa shape index (κ1) is 13.4. The number of anilines is 1. The summed E-state index contributed by atoms with van der Waals surface area (Å²) < 4.78 is 0.991. The summed E-state index contributed by atoms with van der Waals surface area (Å²) in [5.74, 6) is 0.799. The molecule has 21 heavy (non-hydrogen) atoms. The number of amides is 1. The van der Waals surface area contributed by atoms with Crippen LogP contribution in [0.1, 0.15) is 35.4 Å². The van der Waals surface area contributed by atoms with Gasteiger partial charge in [-0.1, -0.05) is 17.7 Å². The van der Waals surface area contributed by atoms with E-state index in [1.807, 2.05) is 23.1 Å². The van der Waals surface area contributed by atoms with E-state index in [0.29, 0.717) is 27.5 Å². The van der Waals surface area contributed by atoms with E-state index in [1.54, 1.807) is 0 Å². The first-order valence-electron chi connectivity index (χ1n) is 7.42. The first-order valence-corrected chi connectivity index (χ1v) is 8.62. The maximum atomic E-state index is 12.9. The Kier molecular flexibility index (Phi) is 3.12. The Morgan fingerprint density at radius 3 is 2.71 bits per heavy atom. The lowest BCUT2D eigenvalue weighted by molar-refractivity contribution is 0.0741. The summed E-state index contributed by atoms with van der Waals surface area (Å²) in [4.78, 5) is 15.6. The van der Waals surface area contributed by atoms with E-state index >= 15 is 0 Å². The van der Waals surface area contributed by atoms with Gasteiger partial charge in [-0.05, 0) is 43.7 Å². The number of carbonyl (C=O) groups is 1. The summed E-state index contributed by atoms with van der Waals surface area (Å²) in [7, 11) is 0. The molecule has 0 atom stereocenters. The van der Waals surface area contributed by atoms with Crippen molar-refractivity contribution in [3.8, 4) is 0 Å². The van der Waals surface area contributed by atoms with Crippen LogP contribution in [0.2, 0.25) is 5.02 Å². The molecule has 0 unspecified atom stereocenters. The van der Waals surface area contributed by atoms with E-state index in [-0.39, 0.29) is 5.91 Å². The van der Waals surface area contributed by atoms with Crippen molar-refractivity contribution in [1.29, 1.82) is 0 Å². The van der Waals surface area contributed by atoms with Gasteiger partial charge in [0, 0.05) is 22.7 Å². The van der Waals surface area contributed by atoms with Crippen LogP contribution in [0.5, 0.6) is 0 Å². The minimum Gasteiger partial charge on any atom is -0.397 e. The fourth-order valence-corrected chi connectivity index (χ4v) is 4.22. The van der Waals surface area contributed by atoms with Crippen molar-refractivity contribution in [1.82, 2.24) is 4.90 Å². The molecule has 2 fully saturated rings. The molecule has 1 amide bonds. The maximum Gasteiger partial charge on any atom is 0.266 e. The zero-order chi connectivity index (χ0) is 14.6. The molecule has 0 saturated heterocycles. The second kappa shape index (κ2) is 4.89. The first-order chi connectivity index (χ1) is 10.1. The summed E-state index contributed by atoms with van der Waals surface area (Å²) >= 11 is 7.70. The highest BCUT2D eigenvalue weighted by molar-refractivity contribution is 7.21. The van der Waals surface area contributed by atoms with Crippen molar-refractivity contribution in [2.24, 2.45) is 5.92 Å². The van der Waals surface area contributed by atoms with Crippen molar-refractivity contribution in [3.05, 3.63) is 28.1 Å². The van der Waals surface area contributed by atoms with Crippen LogP contribution in [0.4, 0.5) is 5.69 Å². The number of benzene rings is 1. The van der Waals surface area contributed by atoms with Crippen molar-refractivity contribution in [3.63, 3.8) is 0 Å². The molecule has 2 aliphatic carbocycles. The minimum absolute atomic E-state index is 0.0965. The fourth-order valence-electron chi connectivity index (χ4n) is 2.78. The SMILES string of the molecule is Nc1c(C(=O)N(CC2CC2)C2CC2)sc2cccc(Cl)c12. The number of halogens is 1. The molecule has 0 spiro atoms. The molecule has 4 rings (SSSR count). The summed E-state index contributed by atoms with van der Waals surface area (Å²) in [6.45, 7) is 0.894. The number of hydrogen-bond acceptors (Lipinski definition) is 3.